The molecule has 1 amide bonds. The van der Waals surface area contributed by atoms with Crippen LogP contribution in [-0.2, 0) is 26.0 Å². The van der Waals surface area contributed by atoms with Crippen molar-refractivity contribution in [2.45, 2.75) is 43.6 Å². The fraction of sp³-hybridized carbons (Fsp3) is 0.611. The van der Waals surface area contributed by atoms with Gasteiger partial charge in [-0.25, -0.2) is 8.42 Å². The Morgan fingerprint density at radius 2 is 1.96 bits per heavy atom. The van der Waals surface area contributed by atoms with Gasteiger partial charge in [-0.3, -0.25) is 4.79 Å². The SMILES string of the molecule is CC(=O)N1CCc2cc(S(=O)(=O)N3CCC(OCCCN)CC3)ccc21.Cl. The zero-order valence-electron chi connectivity index (χ0n) is 15.6. The number of carbonyl (C=O) groups is 1. The van der Waals surface area contributed by atoms with Crippen LogP contribution in [0.25, 0.3) is 0 Å². The zero-order chi connectivity index (χ0) is 18.7. The van der Waals surface area contributed by atoms with Crippen molar-refractivity contribution < 1.29 is 17.9 Å². The second-order valence-electron chi connectivity index (χ2n) is 6.83. The quantitative estimate of drug-likeness (QED) is 0.708. The van der Waals surface area contributed by atoms with Gasteiger partial charge in [0.1, 0.15) is 0 Å². The predicted octanol–water partition coefficient (Wildman–Crippen LogP) is 1.54. The molecule has 2 aliphatic heterocycles. The predicted molar refractivity (Wildman–Crippen MR) is 107 cm³/mol. The highest BCUT2D eigenvalue weighted by Crippen LogP contribution is 2.31. The molecule has 0 spiro atoms. The fourth-order valence-electron chi connectivity index (χ4n) is 3.59. The molecule has 0 saturated carbocycles. The highest BCUT2D eigenvalue weighted by atomic mass is 35.5. The first kappa shape index (κ1) is 22.1. The van der Waals surface area contributed by atoms with Gasteiger partial charge in [-0.1, -0.05) is 0 Å². The maximum absolute atomic E-state index is 13.0. The maximum atomic E-state index is 13.0. The monoisotopic (exact) mass is 417 g/mol. The number of fused-ring (bicyclic) bond motifs is 1. The molecule has 0 atom stereocenters. The van der Waals surface area contributed by atoms with Crippen molar-refractivity contribution in [3.63, 3.8) is 0 Å². The van der Waals surface area contributed by atoms with E-state index < -0.39 is 10.0 Å². The minimum atomic E-state index is -3.52. The minimum Gasteiger partial charge on any atom is -0.378 e. The molecule has 152 valence electrons. The molecular weight excluding hydrogens is 390 g/mol. The normalized spacial score (nSPS) is 18.2. The van der Waals surface area contributed by atoms with Crippen LogP contribution in [0.1, 0.15) is 31.7 Å². The van der Waals surface area contributed by atoms with Gasteiger partial charge in [0, 0.05) is 38.9 Å². The van der Waals surface area contributed by atoms with Crippen LogP contribution in [0.2, 0.25) is 0 Å². The Kier molecular flexibility index (Phi) is 7.64. The Morgan fingerprint density at radius 1 is 1.26 bits per heavy atom. The lowest BCUT2D eigenvalue weighted by Gasteiger charge is -2.31. The largest absolute Gasteiger partial charge is 0.378 e. The number of anilines is 1. The first-order chi connectivity index (χ1) is 12.4. The number of piperidine rings is 1. The maximum Gasteiger partial charge on any atom is 0.243 e. The fourth-order valence-corrected chi connectivity index (χ4v) is 5.11. The van der Waals surface area contributed by atoms with Crippen molar-refractivity contribution in [1.82, 2.24) is 4.31 Å². The summed E-state index contributed by atoms with van der Waals surface area (Å²) < 4.78 is 33.2. The van der Waals surface area contributed by atoms with Crippen molar-refractivity contribution in [2.75, 3.05) is 37.7 Å². The Hall–Kier alpha value is -1.19. The second kappa shape index (κ2) is 9.34. The van der Waals surface area contributed by atoms with E-state index >= 15 is 0 Å². The third-order valence-electron chi connectivity index (χ3n) is 5.07. The van der Waals surface area contributed by atoms with E-state index in [9.17, 15) is 13.2 Å². The van der Waals surface area contributed by atoms with Crippen LogP contribution in [0.3, 0.4) is 0 Å². The average Bonchev–Trinajstić information content (AvgIpc) is 3.06. The summed E-state index contributed by atoms with van der Waals surface area (Å²) in [6.07, 6.45) is 3.03. The average molecular weight is 418 g/mol. The molecule has 0 aliphatic carbocycles. The summed E-state index contributed by atoms with van der Waals surface area (Å²) in [5.74, 6) is -0.0175. The van der Waals surface area contributed by atoms with E-state index in [2.05, 4.69) is 0 Å². The highest BCUT2D eigenvalue weighted by molar-refractivity contribution is 7.89. The van der Waals surface area contributed by atoms with Crippen LogP contribution in [0.15, 0.2) is 23.1 Å². The van der Waals surface area contributed by atoms with Gasteiger partial charge in [0.2, 0.25) is 15.9 Å². The van der Waals surface area contributed by atoms with E-state index in [1.165, 1.54) is 11.2 Å². The Bertz CT molecular complexity index is 764. The number of hydrogen-bond acceptors (Lipinski definition) is 5. The van der Waals surface area contributed by atoms with E-state index in [1.54, 1.807) is 23.1 Å². The van der Waals surface area contributed by atoms with Crippen molar-refractivity contribution in [3.05, 3.63) is 23.8 Å². The highest BCUT2D eigenvalue weighted by Gasteiger charge is 2.31. The van der Waals surface area contributed by atoms with Gasteiger partial charge in [0.05, 0.1) is 11.0 Å². The molecule has 0 bridgehead atoms. The van der Waals surface area contributed by atoms with E-state index in [4.69, 9.17) is 10.5 Å². The summed E-state index contributed by atoms with van der Waals surface area (Å²) in [6, 6.07) is 5.08. The van der Waals surface area contributed by atoms with Crippen LogP contribution in [-0.4, -0.2) is 57.5 Å². The van der Waals surface area contributed by atoms with Gasteiger partial charge in [0.15, 0.2) is 0 Å². The molecule has 2 N–H and O–H groups in total. The van der Waals surface area contributed by atoms with E-state index in [1.807, 2.05) is 0 Å². The number of hydrogen-bond donors (Lipinski definition) is 1. The van der Waals surface area contributed by atoms with Crippen molar-refractivity contribution >= 4 is 34.0 Å². The van der Waals surface area contributed by atoms with Gasteiger partial charge in [-0.05, 0) is 56.0 Å². The summed E-state index contributed by atoms with van der Waals surface area (Å²) in [5.41, 5.74) is 7.20. The third kappa shape index (κ3) is 4.81. The van der Waals surface area contributed by atoms with Crippen molar-refractivity contribution in [1.29, 1.82) is 0 Å². The molecule has 1 fully saturated rings. The lowest BCUT2D eigenvalue weighted by molar-refractivity contribution is -0.116. The van der Waals surface area contributed by atoms with Crippen molar-refractivity contribution in [3.8, 4) is 0 Å². The van der Waals surface area contributed by atoms with E-state index in [0.717, 1.165) is 17.7 Å². The molecule has 2 heterocycles. The number of benzene rings is 1. The lowest BCUT2D eigenvalue weighted by atomic mass is 10.1. The Morgan fingerprint density at radius 3 is 2.59 bits per heavy atom. The van der Waals surface area contributed by atoms with Gasteiger partial charge in [-0.15, -0.1) is 12.4 Å². The van der Waals surface area contributed by atoms with Gasteiger partial charge >= 0.3 is 0 Å². The topological polar surface area (TPSA) is 92.9 Å². The summed E-state index contributed by atoms with van der Waals surface area (Å²) in [7, 11) is -3.52. The first-order valence-electron chi connectivity index (χ1n) is 9.16. The standard InChI is InChI=1S/C18H27N3O4S.ClH/c1-14(22)21-11-5-15-13-17(3-4-18(15)21)26(23,24)20-9-6-16(7-10-20)25-12-2-8-19;/h3-4,13,16H,2,5-12,19H2,1H3;1H. The number of amides is 1. The molecular formula is C18H28ClN3O4S. The molecule has 1 aromatic carbocycles. The number of carbonyl (C=O) groups excluding carboxylic acids is 1. The molecule has 9 heteroatoms. The summed E-state index contributed by atoms with van der Waals surface area (Å²) in [5, 5.41) is 0. The van der Waals surface area contributed by atoms with Gasteiger partial charge in [0.25, 0.3) is 0 Å². The van der Waals surface area contributed by atoms with E-state index in [-0.39, 0.29) is 24.4 Å². The Balaban J connectivity index is 0.00000261. The third-order valence-corrected chi connectivity index (χ3v) is 6.96. The van der Waals surface area contributed by atoms with Crippen LogP contribution in [0, 0.1) is 0 Å². The molecule has 0 radical (unpaired) electrons. The van der Waals surface area contributed by atoms with Gasteiger partial charge in [-0.2, -0.15) is 4.31 Å². The summed E-state index contributed by atoms with van der Waals surface area (Å²) in [4.78, 5) is 13.6. The van der Waals surface area contributed by atoms with Crippen LogP contribution in [0.4, 0.5) is 5.69 Å². The number of ether oxygens (including phenoxy) is 1. The molecule has 0 aromatic heterocycles. The number of nitrogens with two attached hydrogens (primary N) is 1. The van der Waals surface area contributed by atoms with Gasteiger partial charge < -0.3 is 15.4 Å². The molecule has 2 aliphatic rings. The zero-order valence-corrected chi connectivity index (χ0v) is 17.2. The molecule has 27 heavy (non-hydrogen) atoms. The molecule has 3 rings (SSSR count). The first-order valence-corrected chi connectivity index (χ1v) is 10.6. The minimum absolute atomic E-state index is 0. The lowest BCUT2D eigenvalue weighted by Crippen LogP contribution is -2.41. The van der Waals surface area contributed by atoms with E-state index in [0.29, 0.717) is 56.9 Å². The number of halogens is 1. The smallest absolute Gasteiger partial charge is 0.243 e. The number of nitrogens with zero attached hydrogens (tertiary/aromatic N) is 2. The summed E-state index contributed by atoms with van der Waals surface area (Å²) >= 11 is 0. The van der Waals surface area contributed by atoms with Crippen LogP contribution in [0.5, 0.6) is 0 Å². The number of sulfonamides is 1. The molecule has 1 aromatic rings. The van der Waals surface area contributed by atoms with Crippen LogP contribution >= 0.6 is 12.4 Å². The number of rotatable bonds is 6. The molecule has 1 saturated heterocycles. The van der Waals surface area contributed by atoms with Crippen molar-refractivity contribution in [2.24, 2.45) is 5.73 Å². The van der Waals surface area contributed by atoms with Crippen LogP contribution < -0.4 is 10.6 Å². The Labute approximate surface area is 167 Å². The molecule has 7 nitrogen and oxygen atoms in total. The second-order valence-corrected chi connectivity index (χ2v) is 8.77. The molecule has 0 unspecified atom stereocenters. The summed E-state index contributed by atoms with van der Waals surface area (Å²) in [6.45, 7) is 4.30.